The lowest BCUT2D eigenvalue weighted by Gasteiger charge is -2.34. The van der Waals surface area contributed by atoms with E-state index in [-0.39, 0.29) is 12.5 Å². The van der Waals surface area contributed by atoms with Crippen molar-refractivity contribution in [3.05, 3.63) is 0 Å². The van der Waals surface area contributed by atoms with Gasteiger partial charge in [0.1, 0.15) is 6.61 Å². The first kappa shape index (κ1) is 26.4. The minimum absolute atomic E-state index is 0.147. The summed E-state index contributed by atoms with van der Waals surface area (Å²) >= 11 is 0. The number of carbonyl (C=O) groups excluding carboxylic acids is 1. The van der Waals surface area contributed by atoms with Crippen molar-refractivity contribution in [2.24, 2.45) is 17.8 Å². The third kappa shape index (κ3) is 12.0. The maximum absolute atomic E-state index is 12.3. The highest BCUT2D eigenvalue weighted by Gasteiger charge is 2.25. The molecular formula is C24H48N2O3. The zero-order chi connectivity index (χ0) is 21.5. The average molecular weight is 413 g/mol. The zero-order valence-corrected chi connectivity index (χ0v) is 19.9. The van der Waals surface area contributed by atoms with E-state index >= 15 is 0 Å². The number of ether oxygens (including phenoxy) is 2. The highest BCUT2D eigenvalue weighted by atomic mass is 16.5. The first-order chi connectivity index (χ1) is 14.0. The van der Waals surface area contributed by atoms with Crippen LogP contribution in [0.1, 0.15) is 79.6 Å². The Morgan fingerprint density at radius 3 is 2.38 bits per heavy atom. The van der Waals surface area contributed by atoms with Crippen molar-refractivity contribution < 1.29 is 14.3 Å². The van der Waals surface area contributed by atoms with E-state index in [0.29, 0.717) is 25.2 Å². The molecule has 172 valence electrons. The molecule has 0 aliphatic carbocycles. The van der Waals surface area contributed by atoms with Gasteiger partial charge in [-0.25, -0.2) is 0 Å². The van der Waals surface area contributed by atoms with Gasteiger partial charge in [-0.2, -0.15) is 0 Å². The Bertz CT molecular complexity index is 409. The van der Waals surface area contributed by atoms with Crippen LogP contribution in [0.3, 0.4) is 0 Å². The molecule has 1 saturated heterocycles. The summed E-state index contributed by atoms with van der Waals surface area (Å²) in [6.45, 7) is 16.4. The van der Waals surface area contributed by atoms with Crippen LogP contribution in [-0.2, 0) is 14.3 Å². The fraction of sp³-hybridized carbons (Fsp3) is 0.958. The predicted octanol–water partition coefficient (Wildman–Crippen LogP) is 4.50. The standard InChI is InChI=1S/C24H48N2O3/c1-6-9-22(10-13-25-20(3)4)18-28-16-8-17-29-19-24(27)26-14-11-23(12-15-26)21(5)7-2/h20-23,25H,6-19H2,1-5H3. The summed E-state index contributed by atoms with van der Waals surface area (Å²) in [6.07, 6.45) is 7.96. The van der Waals surface area contributed by atoms with Gasteiger partial charge < -0.3 is 19.7 Å². The van der Waals surface area contributed by atoms with Crippen LogP contribution in [-0.4, -0.2) is 62.9 Å². The number of nitrogens with one attached hydrogen (secondary N) is 1. The number of likely N-dealkylation sites (tertiary alicyclic amines) is 1. The first-order valence-electron chi connectivity index (χ1n) is 12.1. The van der Waals surface area contributed by atoms with Gasteiger partial charge >= 0.3 is 0 Å². The number of carbonyl (C=O) groups is 1. The van der Waals surface area contributed by atoms with E-state index < -0.39 is 0 Å². The fourth-order valence-corrected chi connectivity index (χ4v) is 4.11. The fourth-order valence-electron chi connectivity index (χ4n) is 4.11. The van der Waals surface area contributed by atoms with Gasteiger partial charge in [-0.3, -0.25) is 4.79 Å². The molecule has 1 amide bonds. The van der Waals surface area contributed by atoms with E-state index in [1.54, 1.807) is 0 Å². The molecule has 0 aromatic rings. The molecule has 2 atom stereocenters. The highest BCUT2D eigenvalue weighted by molar-refractivity contribution is 5.77. The molecule has 0 aromatic heterocycles. The van der Waals surface area contributed by atoms with Crippen LogP contribution in [0, 0.1) is 17.8 Å². The molecule has 1 N–H and O–H groups in total. The number of piperidine rings is 1. The summed E-state index contributed by atoms with van der Waals surface area (Å²) in [7, 11) is 0. The van der Waals surface area contributed by atoms with Crippen LogP contribution in [0.5, 0.6) is 0 Å². The van der Waals surface area contributed by atoms with Crippen LogP contribution in [0.25, 0.3) is 0 Å². The molecule has 1 aliphatic heterocycles. The lowest BCUT2D eigenvalue weighted by atomic mass is 9.84. The van der Waals surface area contributed by atoms with E-state index in [4.69, 9.17) is 9.47 Å². The average Bonchev–Trinajstić information content (AvgIpc) is 2.72. The topological polar surface area (TPSA) is 50.8 Å². The van der Waals surface area contributed by atoms with Crippen LogP contribution in [0.4, 0.5) is 0 Å². The Kier molecular flexibility index (Phi) is 14.6. The maximum atomic E-state index is 12.3. The minimum atomic E-state index is 0.147. The number of hydrogen-bond donors (Lipinski definition) is 1. The largest absolute Gasteiger partial charge is 0.381 e. The molecule has 0 radical (unpaired) electrons. The molecule has 0 saturated carbocycles. The van der Waals surface area contributed by atoms with Crippen LogP contribution in [0.15, 0.2) is 0 Å². The second-order valence-electron chi connectivity index (χ2n) is 9.14. The van der Waals surface area contributed by atoms with Crippen molar-refractivity contribution >= 4 is 5.91 Å². The summed E-state index contributed by atoms with van der Waals surface area (Å²) in [4.78, 5) is 14.3. The first-order valence-corrected chi connectivity index (χ1v) is 12.1. The summed E-state index contributed by atoms with van der Waals surface area (Å²) in [5.41, 5.74) is 0. The molecule has 0 spiro atoms. The predicted molar refractivity (Wildman–Crippen MR) is 121 cm³/mol. The smallest absolute Gasteiger partial charge is 0.248 e. The highest BCUT2D eigenvalue weighted by Crippen LogP contribution is 2.26. The molecule has 0 bridgehead atoms. The summed E-state index contributed by atoms with van der Waals surface area (Å²) in [5, 5.41) is 3.49. The van der Waals surface area contributed by atoms with Crippen molar-refractivity contribution in [2.45, 2.75) is 85.6 Å². The Hall–Kier alpha value is -0.650. The summed E-state index contributed by atoms with van der Waals surface area (Å²) < 4.78 is 11.5. The summed E-state index contributed by atoms with van der Waals surface area (Å²) in [6, 6.07) is 0.546. The number of hydrogen-bond acceptors (Lipinski definition) is 4. The van der Waals surface area contributed by atoms with Gasteiger partial charge in [-0.15, -0.1) is 0 Å². The lowest BCUT2D eigenvalue weighted by Crippen LogP contribution is -2.41. The molecule has 2 unspecified atom stereocenters. The van der Waals surface area contributed by atoms with Crippen LogP contribution in [0.2, 0.25) is 0 Å². The van der Waals surface area contributed by atoms with E-state index in [2.05, 4.69) is 39.9 Å². The summed E-state index contributed by atoms with van der Waals surface area (Å²) in [5.74, 6) is 2.33. The van der Waals surface area contributed by atoms with Crippen molar-refractivity contribution in [2.75, 3.05) is 46.1 Å². The monoisotopic (exact) mass is 412 g/mol. The lowest BCUT2D eigenvalue weighted by molar-refractivity contribution is -0.137. The SMILES string of the molecule is CCCC(CCNC(C)C)COCCCOCC(=O)N1CCC(C(C)CC)CC1. The Balaban J connectivity index is 2.05. The maximum Gasteiger partial charge on any atom is 0.248 e. The second-order valence-corrected chi connectivity index (χ2v) is 9.14. The van der Waals surface area contributed by atoms with Crippen molar-refractivity contribution in [1.29, 1.82) is 0 Å². The van der Waals surface area contributed by atoms with Crippen molar-refractivity contribution in [3.8, 4) is 0 Å². The molecule has 5 heteroatoms. The Morgan fingerprint density at radius 2 is 1.76 bits per heavy atom. The quantitative estimate of drug-likeness (QED) is 0.379. The zero-order valence-electron chi connectivity index (χ0n) is 19.9. The van der Waals surface area contributed by atoms with Gasteiger partial charge in [0, 0.05) is 39.0 Å². The van der Waals surface area contributed by atoms with Crippen LogP contribution >= 0.6 is 0 Å². The van der Waals surface area contributed by atoms with Gasteiger partial charge in [-0.05, 0) is 56.4 Å². The molecule has 29 heavy (non-hydrogen) atoms. The third-order valence-electron chi connectivity index (χ3n) is 6.30. The molecule has 1 fully saturated rings. The van der Waals surface area contributed by atoms with Crippen LogP contribution < -0.4 is 5.32 Å². The van der Waals surface area contributed by atoms with Gasteiger partial charge in [0.15, 0.2) is 0 Å². The normalized spacial score (nSPS) is 17.7. The molecule has 0 aromatic carbocycles. The molecule has 1 rings (SSSR count). The van der Waals surface area contributed by atoms with Crippen molar-refractivity contribution in [1.82, 2.24) is 10.2 Å². The van der Waals surface area contributed by atoms with Gasteiger partial charge in [0.05, 0.1) is 0 Å². The molecule has 1 aliphatic rings. The molecule has 1 heterocycles. The molecule has 5 nitrogen and oxygen atoms in total. The van der Waals surface area contributed by atoms with Crippen molar-refractivity contribution in [3.63, 3.8) is 0 Å². The minimum Gasteiger partial charge on any atom is -0.381 e. The van der Waals surface area contributed by atoms with Gasteiger partial charge in [-0.1, -0.05) is 47.5 Å². The van der Waals surface area contributed by atoms with Gasteiger partial charge in [0.2, 0.25) is 5.91 Å². The number of rotatable bonds is 16. The van der Waals surface area contributed by atoms with Gasteiger partial charge in [0.25, 0.3) is 0 Å². The second kappa shape index (κ2) is 16.1. The third-order valence-corrected chi connectivity index (χ3v) is 6.30. The van der Waals surface area contributed by atoms with E-state index in [0.717, 1.165) is 57.3 Å². The number of amides is 1. The molecular weight excluding hydrogens is 364 g/mol. The Labute approximate surface area is 180 Å². The van der Waals surface area contributed by atoms with E-state index in [1.165, 1.54) is 25.7 Å². The number of nitrogens with zero attached hydrogens (tertiary/aromatic N) is 1. The van der Waals surface area contributed by atoms with E-state index in [9.17, 15) is 4.79 Å². The van der Waals surface area contributed by atoms with E-state index in [1.807, 2.05) is 4.90 Å². The Morgan fingerprint density at radius 1 is 1.07 bits per heavy atom.